The summed E-state index contributed by atoms with van der Waals surface area (Å²) in [5.41, 5.74) is -0.110. The standard InChI is InChI=1S/C18H17FN4O5/c1-20-14-8-16-12(7-13(14)19)18(25)22(9-28-16)10-4-5-15(23(26)27)11(6-10)17(24)21(2)3/h4-8,20H,9H2,1-3H3. The molecule has 0 atom stereocenters. The Bertz CT molecular complexity index is 992. The van der Waals surface area contributed by atoms with Crippen molar-refractivity contribution in [3.63, 3.8) is 0 Å². The van der Waals surface area contributed by atoms with Gasteiger partial charge in [0.2, 0.25) is 0 Å². The number of nitrogens with zero attached hydrogens (tertiary/aromatic N) is 3. The Balaban J connectivity index is 2.04. The highest BCUT2D eigenvalue weighted by Gasteiger charge is 2.30. The summed E-state index contributed by atoms with van der Waals surface area (Å²) in [6.07, 6.45) is 0. The van der Waals surface area contributed by atoms with Gasteiger partial charge in [-0.15, -0.1) is 0 Å². The summed E-state index contributed by atoms with van der Waals surface area (Å²) < 4.78 is 19.6. The molecule has 2 aromatic carbocycles. The average molecular weight is 388 g/mol. The van der Waals surface area contributed by atoms with Gasteiger partial charge in [0.1, 0.15) is 17.1 Å². The minimum atomic E-state index is -0.668. The van der Waals surface area contributed by atoms with E-state index in [2.05, 4.69) is 5.32 Å². The van der Waals surface area contributed by atoms with Crippen LogP contribution in [0.5, 0.6) is 5.75 Å². The van der Waals surface area contributed by atoms with Gasteiger partial charge < -0.3 is 15.0 Å². The lowest BCUT2D eigenvalue weighted by Crippen LogP contribution is -2.39. The molecule has 28 heavy (non-hydrogen) atoms. The molecular weight excluding hydrogens is 371 g/mol. The Hall–Kier alpha value is -3.69. The van der Waals surface area contributed by atoms with Gasteiger partial charge in [-0.25, -0.2) is 4.39 Å². The van der Waals surface area contributed by atoms with E-state index >= 15 is 0 Å². The normalized spacial score (nSPS) is 12.9. The number of rotatable bonds is 4. The molecule has 3 rings (SSSR count). The average Bonchev–Trinajstić information content (AvgIpc) is 2.67. The van der Waals surface area contributed by atoms with Crippen LogP contribution in [-0.2, 0) is 0 Å². The van der Waals surface area contributed by atoms with Crippen LogP contribution in [0.25, 0.3) is 0 Å². The van der Waals surface area contributed by atoms with Crippen LogP contribution in [0, 0.1) is 15.9 Å². The Morgan fingerprint density at radius 1 is 1.32 bits per heavy atom. The van der Waals surface area contributed by atoms with Crippen molar-refractivity contribution >= 4 is 28.9 Å². The van der Waals surface area contributed by atoms with Crippen molar-refractivity contribution < 1.29 is 23.6 Å². The van der Waals surface area contributed by atoms with Crippen molar-refractivity contribution in [1.82, 2.24) is 4.90 Å². The van der Waals surface area contributed by atoms with Gasteiger partial charge in [-0.3, -0.25) is 24.6 Å². The molecule has 1 aliphatic rings. The molecule has 2 aromatic rings. The van der Waals surface area contributed by atoms with Crippen LogP contribution < -0.4 is 15.0 Å². The van der Waals surface area contributed by atoms with Crippen molar-refractivity contribution in [3.8, 4) is 5.75 Å². The van der Waals surface area contributed by atoms with Gasteiger partial charge in [0.05, 0.1) is 16.2 Å². The fourth-order valence-electron chi connectivity index (χ4n) is 2.82. The number of hydrogen-bond donors (Lipinski definition) is 1. The first-order chi connectivity index (χ1) is 13.2. The number of nitro groups is 1. The topological polar surface area (TPSA) is 105 Å². The van der Waals surface area contributed by atoms with E-state index in [9.17, 15) is 24.1 Å². The summed E-state index contributed by atoms with van der Waals surface area (Å²) in [7, 11) is 4.47. The molecule has 2 amide bonds. The second-order valence-electron chi connectivity index (χ2n) is 6.24. The lowest BCUT2D eigenvalue weighted by atomic mass is 10.1. The third kappa shape index (κ3) is 3.20. The molecule has 1 heterocycles. The maximum atomic E-state index is 14.1. The number of carbonyl (C=O) groups is 2. The summed E-state index contributed by atoms with van der Waals surface area (Å²) in [6.45, 7) is -0.186. The lowest BCUT2D eigenvalue weighted by Gasteiger charge is -2.29. The van der Waals surface area contributed by atoms with E-state index in [0.29, 0.717) is 0 Å². The molecule has 0 fully saturated rings. The molecule has 0 aliphatic carbocycles. The second kappa shape index (κ2) is 7.14. The number of nitro benzene ring substituents is 1. The van der Waals surface area contributed by atoms with Crippen LogP contribution in [0.1, 0.15) is 20.7 Å². The minimum absolute atomic E-state index is 0.0154. The smallest absolute Gasteiger partial charge is 0.282 e. The first-order valence-electron chi connectivity index (χ1n) is 8.20. The van der Waals surface area contributed by atoms with Crippen molar-refractivity contribution in [2.45, 2.75) is 0 Å². The van der Waals surface area contributed by atoms with Crippen LogP contribution in [-0.4, -0.2) is 49.5 Å². The molecule has 0 saturated heterocycles. The highest BCUT2D eigenvalue weighted by molar-refractivity contribution is 6.10. The van der Waals surface area contributed by atoms with Gasteiger partial charge in [-0.2, -0.15) is 0 Å². The van der Waals surface area contributed by atoms with E-state index in [4.69, 9.17) is 4.74 Å². The molecule has 0 radical (unpaired) electrons. The Labute approximate surface area is 159 Å². The van der Waals surface area contributed by atoms with Crippen LogP contribution in [0.4, 0.5) is 21.5 Å². The van der Waals surface area contributed by atoms with Gasteiger partial charge in [0, 0.05) is 39.0 Å². The lowest BCUT2D eigenvalue weighted by molar-refractivity contribution is -0.385. The van der Waals surface area contributed by atoms with E-state index in [1.807, 2.05) is 0 Å². The molecular formula is C18H17FN4O5. The highest BCUT2D eigenvalue weighted by atomic mass is 19.1. The maximum Gasteiger partial charge on any atom is 0.282 e. The molecule has 0 unspecified atom stereocenters. The van der Waals surface area contributed by atoms with Gasteiger partial charge in [-0.1, -0.05) is 0 Å². The molecule has 146 valence electrons. The zero-order valence-electron chi connectivity index (χ0n) is 15.4. The predicted octanol–water partition coefficient (Wildman–Crippen LogP) is 2.47. The number of anilines is 2. The molecule has 0 aromatic heterocycles. The van der Waals surface area contributed by atoms with Gasteiger partial charge >= 0.3 is 0 Å². The Morgan fingerprint density at radius 3 is 2.64 bits per heavy atom. The van der Waals surface area contributed by atoms with E-state index in [-0.39, 0.29) is 40.7 Å². The quantitative estimate of drug-likeness (QED) is 0.637. The van der Waals surface area contributed by atoms with Crippen molar-refractivity contribution in [1.29, 1.82) is 0 Å². The van der Waals surface area contributed by atoms with E-state index < -0.39 is 22.6 Å². The number of amides is 2. The molecule has 0 saturated carbocycles. The Kier molecular flexibility index (Phi) is 4.87. The van der Waals surface area contributed by atoms with Gasteiger partial charge in [0.15, 0.2) is 6.73 Å². The molecule has 1 aliphatic heterocycles. The number of halogens is 1. The summed E-state index contributed by atoms with van der Waals surface area (Å²) in [5, 5.41) is 13.9. The number of carbonyl (C=O) groups excluding carboxylic acids is 2. The third-order valence-electron chi connectivity index (χ3n) is 4.29. The maximum absolute atomic E-state index is 14.1. The number of ether oxygens (including phenoxy) is 1. The molecule has 9 nitrogen and oxygen atoms in total. The van der Waals surface area contributed by atoms with E-state index in [1.165, 1.54) is 42.1 Å². The molecule has 1 N–H and O–H groups in total. The summed E-state index contributed by atoms with van der Waals surface area (Å²) in [4.78, 5) is 38.1. The number of benzene rings is 2. The largest absolute Gasteiger partial charge is 0.472 e. The Morgan fingerprint density at radius 2 is 2.04 bits per heavy atom. The second-order valence-corrected chi connectivity index (χ2v) is 6.24. The van der Waals surface area contributed by atoms with E-state index in [0.717, 1.165) is 12.1 Å². The predicted molar refractivity (Wildman–Crippen MR) is 99.4 cm³/mol. The van der Waals surface area contributed by atoms with Crippen LogP contribution >= 0.6 is 0 Å². The first kappa shape index (κ1) is 19.1. The number of hydrogen-bond acceptors (Lipinski definition) is 6. The van der Waals surface area contributed by atoms with Crippen LogP contribution in [0.2, 0.25) is 0 Å². The number of nitrogens with one attached hydrogen (secondary N) is 1. The fourth-order valence-corrected chi connectivity index (χ4v) is 2.82. The van der Waals surface area contributed by atoms with Crippen molar-refractivity contribution in [2.24, 2.45) is 0 Å². The zero-order chi connectivity index (χ0) is 20.6. The van der Waals surface area contributed by atoms with Gasteiger partial charge in [-0.05, 0) is 18.2 Å². The van der Waals surface area contributed by atoms with Crippen LogP contribution in [0.3, 0.4) is 0 Å². The first-order valence-corrected chi connectivity index (χ1v) is 8.20. The zero-order valence-corrected chi connectivity index (χ0v) is 15.4. The highest BCUT2D eigenvalue weighted by Crippen LogP contribution is 2.34. The fraction of sp³-hybridized carbons (Fsp3) is 0.222. The van der Waals surface area contributed by atoms with E-state index in [1.54, 1.807) is 7.05 Å². The molecule has 0 spiro atoms. The van der Waals surface area contributed by atoms with Crippen LogP contribution in [0.15, 0.2) is 30.3 Å². The monoisotopic (exact) mass is 388 g/mol. The molecule has 0 bridgehead atoms. The third-order valence-corrected chi connectivity index (χ3v) is 4.29. The number of fused-ring (bicyclic) bond motifs is 1. The molecule has 10 heteroatoms. The summed E-state index contributed by atoms with van der Waals surface area (Å²) >= 11 is 0. The summed E-state index contributed by atoms with van der Waals surface area (Å²) in [5.74, 6) is -1.52. The van der Waals surface area contributed by atoms with Crippen molar-refractivity contribution in [2.75, 3.05) is 38.1 Å². The SMILES string of the molecule is CNc1cc2c(cc1F)C(=O)N(c1ccc([N+](=O)[O-])c(C(=O)N(C)C)c1)CO2. The van der Waals surface area contributed by atoms with Gasteiger partial charge in [0.25, 0.3) is 17.5 Å². The minimum Gasteiger partial charge on any atom is -0.472 e. The van der Waals surface area contributed by atoms with Crippen molar-refractivity contribution in [3.05, 3.63) is 57.4 Å². The summed E-state index contributed by atoms with van der Waals surface area (Å²) in [6, 6.07) is 6.20.